The molecule has 0 saturated carbocycles. The van der Waals surface area contributed by atoms with Crippen LogP contribution in [0.4, 0.5) is 0 Å². The molecule has 1 heterocycles. The van der Waals surface area contributed by atoms with Crippen molar-refractivity contribution in [1.82, 2.24) is 13.9 Å². The third-order valence-electron chi connectivity index (χ3n) is 2.97. The fraction of sp³-hybridized carbons (Fsp3) is 0.308. The number of halogens is 1. The summed E-state index contributed by atoms with van der Waals surface area (Å²) in [5.41, 5.74) is 0.921. The number of rotatable bonds is 5. The van der Waals surface area contributed by atoms with E-state index in [1.165, 1.54) is 15.2 Å². The van der Waals surface area contributed by atoms with Gasteiger partial charge >= 0.3 is 0 Å². The Bertz CT molecular complexity index is 683. The van der Waals surface area contributed by atoms with Gasteiger partial charge in [-0.3, -0.25) is 0 Å². The van der Waals surface area contributed by atoms with Gasteiger partial charge in [0, 0.05) is 20.1 Å². The second-order valence-electron chi connectivity index (χ2n) is 4.37. The third-order valence-corrected chi connectivity index (χ3v) is 5.39. The lowest BCUT2D eigenvalue weighted by atomic mass is 10.2. The zero-order valence-corrected chi connectivity index (χ0v) is 12.9. The minimum atomic E-state index is -3.69. The van der Waals surface area contributed by atoms with Crippen molar-refractivity contribution in [1.29, 1.82) is 0 Å². The molecule has 0 N–H and O–H groups in total. The second-order valence-corrected chi connectivity index (χ2v) is 6.58. The Labute approximate surface area is 123 Å². The van der Waals surface area contributed by atoms with E-state index in [-0.39, 0.29) is 10.2 Å². The Kier molecular flexibility index (Phi) is 4.47. The molecular weight excluding hydrogens is 298 g/mol. The highest BCUT2D eigenvalue weighted by Crippen LogP contribution is 2.23. The van der Waals surface area contributed by atoms with Crippen molar-refractivity contribution < 1.29 is 8.42 Å². The van der Waals surface area contributed by atoms with E-state index in [0.29, 0.717) is 13.1 Å². The zero-order valence-electron chi connectivity index (χ0n) is 11.3. The Morgan fingerprint density at radius 2 is 1.95 bits per heavy atom. The van der Waals surface area contributed by atoms with Gasteiger partial charge in [-0.1, -0.05) is 48.9 Å². The highest BCUT2D eigenvalue weighted by Gasteiger charge is 2.28. The zero-order chi connectivity index (χ0) is 14.8. The van der Waals surface area contributed by atoms with Crippen LogP contribution in [0.25, 0.3) is 0 Å². The van der Waals surface area contributed by atoms with E-state index in [1.807, 2.05) is 30.3 Å². The quantitative estimate of drug-likeness (QED) is 0.851. The number of imidazole rings is 1. The summed E-state index contributed by atoms with van der Waals surface area (Å²) in [7, 11) is -2.04. The van der Waals surface area contributed by atoms with Crippen LogP contribution >= 0.6 is 11.6 Å². The first-order valence-corrected chi connectivity index (χ1v) is 7.99. The first-order chi connectivity index (χ1) is 9.46. The van der Waals surface area contributed by atoms with Gasteiger partial charge in [0.2, 0.25) is 5.03 Å². The van der Waals surface area contributed by atoms with Crippen molar-refractivity contribution >= 4 is 21.6 Å². The summed E-state index contributed by atoms with van der Waals surface area (Å²) in [5.74, 6) is 0. The molecule has 0 fully saturated rings. The Balaban J connectivity index is 2.33. The molecule has 2 aromatic rings. The second kappa shape index (κ2) is 5.95. The molecule has 1 aromatic carbocycles. The number of hydrogen-bond acceptors (Lipinski definition) is 3. The summed E-state index contributed by atoms with van der Waals surface area (Å²) in [5, 5.41) is 0.0240. The maximum absolute atomic E-state index is 12.6. The first-order valence-electron chi connectivity index (χ1n) is 6.17. The maximum Gasteiger partial charge on any atom is 0.263 e. The molecule has 0 unspecified atom stereocenters. The number of nitrogens with zero attached hydrogens (tertiary/aromatic N) is 3. The molecule has 7 heteroatoms. The molecule has 0 aliphatic rings. The van der Waals surface area contributed by atoms with Gasteiger partial charge in [-0.2, -0.15) is 4.31 Å². The topological polar surface area (TPSA) is 55.2 Å². The minimum Gasteiger partial charge on any atom is -0.324 e. The number of sulfonamides is 1. The van der Waals surface area contributed by atoms with E-state index in [1.54, 1.807) is 14.0 Å². The Morgan fingerprint density at radius 1 is 1.30 bits per heavy atom. The molecule has 0 amide bonds. The molecule has 0 radical (unpaired) electrons. The fourth-order valence-corrected chi connectivity index (χ4v) is 3.67. The van der Waals surface area contributed by atoms with Gasteiger partial charge in [-0.15, -0.1) is 0 Å². The standard InChI is InChI=1S/C13H16ClN3O2S/c1-3-17(9-11-7-5-4-6-8-11)20(18,19)13-12(14)16(2)10-15-13/h4-8,10H,3,9H2,1-2H3. The number of benzene rings is 1. The summed E-state index contributed by atoms with van der Waals surface area (Å²) in [6, 6.07) is 9.42. The summed E-state index contributed by atoms with van der Waals surface area (Å²) in [4.78, 5) is 3.90. The molecule has 0 aliphatic heterocycles. The molecule has 0 atom stereocenters. The van der Waals surface area contributed by atoms with Gasteiger partial charge in [-0.25, -0.2) is 13.4 Å². The van der Waals surface area contributed by atoms with Gasteiger partial charge in [-0.05, 0) is 5.56 Å². The molecule has 1 aromatic heterocycles. The summed E-state index contributed by atoms with van der Waals surface area (Å²) in [6.07, 6.45) is 1.39. The van der Waals surface area contributed by atoms with Crippen molar-refractivity contribution in [2.45, 2.75) is 18.5 Å². The molecular formula is C13H16ClN3O2S. The van der Waals surface area contributed by atoms with E-state index in [9.17, 15) is 8.42 Å². The van der Waals surface area contributed by atoms with Crippen LogP contribution in [0, 0.1) is 0 Å². The van der Waals surface area contributed by atoms with Gasteiger partial charge in [0.15, 0.2) is 0 Å². The van der Waals surface area contributed by atoms with Crippen LogP contribution in [0.5, 0.6) is 0 Å². The average Bonchev–Trinajstić information content (AvgIpc) is 2.78. The van der Waals surface area contributed by atoms with Crippen molar-refractivity contribution in [3.63, 3.8) is 0 Å². The molecule has 5 nitrogen and oxygen atoms in total. The maximum atomic E-state index is 12.6. The van der Waals surface area contributed by atoms with Crippen LogP contribution in [0.15, 0.2) is 41.7 Å². The molecule has 20 heavy (non-hydrogen) atoms. The van der Waals surface area contributed by atoms with Gasteiger partial charge in [0.05, 0.1) is 6.33 Å². The molecule has 2 rings (SSSR count). The van der Waals surface area contributed by atoms with Crippen molar-refractivity contribution in [3.05, 3.63) is 47.4 Å². The monoisotopic (exact) mass is 313 g/mol. The van der Waals surface area contributed by atoms with Crippen molar-refractivity contribution in [2.24, 2.45) is 7.05 Å². The highest BCUT2D eigenvalue weighted by atomic mass is 35.5. The van der Waals surface area contributed by atoms with Crippen molar-refractivity contribution in [2.75, 3.05) is 6.54 Å². The first kappa shape index (κ1) is 15.0. The Morgan fingerprint density at radius 3 is 2.45 bits per heavy atom. The lowest BCUT2D eigenvalue weighted by molar-refractivity contribution is 0.421. The normalized spacial score (nSPS) is 12.0. The average molecular weight is 314 g/mol. The van der Waals surface area contributed by atoms with Crippen LogP contribution in [0.1, 0.15) is 12.5 Å². The number of aromatic nitrogens is 2. The highest BCUT2D eigenvalue weighted by molar-refractivity contribution is 7.89. The lowest BCUT2D eigenvalue weighted by Gasteiger charge is -2.19. The predicted molar refractivity (Wildman–Crippen MR) is 77.9 cm³/mol. The van der Waals surface area contributed by atoms with Gasteiger partial charge < -0.3 is 4.57 Å². The van der Waals surface area contributed by atoms with E-state index >= 15 is 0 Å². The van der Waals surface area contributed by atoms with E-state index < -0.39 is 10.0 Å². The smallest absolute Gasteiger partial charge is 0.263 e. The fourth-order valence-electron chi connectivity index (χ4n) is 1.84. The SMILES string of the molecule is CCN(Cc1ccccc1)S(=O)(=O)c1ncn(C)c1Cl. The molecule has 108 valence electrons. The molecule has 0 bridgehead atoms. The van der Waals surface area contributed by atoms with Crippen LogP contribution in [0.2, 0.25) is 5.15 Å². The molecule has 0 spiro atoms. The molecule has 0 saturated heterocycles. The van der Waals surface area contributed by atoms with E-state index in [2.05, 4.69) is 4.98 Å². The van der Waals surface area contributed by atoms with Gasteiger partial charge in [0.1, 0.15) is 5.15 Å². The Hall–Kier alpha value is -1.37. The van der Waals surface area contributed by atoms with E-state index in [0.717, 1.165) is 5.56 Å². The minimum absolute atomic E-state index is 0.0977. The summed E-state index contributed by atoms with van der Waals surface area (Å²) < 4.78 is 28.0. The number of hydrogen-bond donors (Lipinski definition) is 0. The van der Waals surface area contributed by atoms with Gasteiger partial charge in [0.25, 0.3) is 10.0 Å². The molecule has 0 aliphatic carbocycles. The van der Waals surface area contributed by atoms with Crippen LogP contribution in [-0.2, 0) is 23.6 Å². The lowest BCUT2D eigenvalue weighted by Crippen LogP contribution is -2.31. The van der Waals surface area contributed by atoms with Crippen molar-refractivity contribution in [3.8, 4) is 0 Å². The third kappa shape index (κ3) is 2.87. The predicted octanol–water partition coefficient (Wildman–Crippen LogP) is 2.28. The van der Waals surface area contributed by atoms with Crippen LogP contribution in [0.3, 0.4) is 0 Å². The largest absolute Gasteiger partial charge is 0.324 e. The van der Waals surface area contributed by atoms with E-state index in [4.69, 9.17) is 11.6 Å². The summed E-state index contributed by atoms with van der Waals surface area (Å²) in [6.45, 7) is 2.44. The number of aryl methyl sites for hydroxylation is 1. The van der Waals surface area contributed by atoms with Crippen LogP contribution in [-0.4, -0.2) is 28.8 Å². The summed E-state index contributed by atoms with van der Waals surface area (Å²) >= 11 is 5.99. The van der Waals surface area contributed by atoms with Crippen LogP contribution < -0.4 is 0 Å².